The van der Waals surface area contributed by atoms with Gasteiger partial charge in [0.2, 0.25) is 10.0 Å². The first-order valence-corrected chi connectivity index (χ1v) is 8.83. The molecular weight excluding hydrogens is 360 g/mol. The van der Waals surface area contributed by atoms with Crippen LogP contribution in [0.25, 0.3) is 22.4 Å². The van der Waals surface area contributed by atoms with Crippen molar-refractivity contribution in [2.75, 3.05) is 0 Å². The zero-order valence-corrected chi connectivity index (χ0v) is 14.0. The van der Waals surface area contributed by atoms with Gasteiger partial charge in [0, 0.05) is 22.9 Å². The largest absolute Gasteiger partial charge is 0.256 e. The summed E-state index contributed by atoms with van der Waals surface area (Å²) in [7, 11) is -4.39. The molecule has 130 valence electrons. The number of nitrogens with zero attached hydrogens (tertiary/aromatic N) is 2. The summed E-state index contributed by atoms with van der Waals surface area (Å²) in [6.45, 7) is 0. The number of aromatic nitrogens is 1. The van der Waals surface area contributed by atoms with Crippen molar-refractivity contribution < 1.29 is 17.2 Å². The minimum atomic E-state index is -4.39. The van der Waals surface area contributed by atoms with Crippen LogP contribution in [0, 0.1) is 23.0 Å². The topological polar surface area (TPSA) is 96.8 Å². The highest BCUT2D eigenvalue weighted by molar-refractivity contribution is 7.89. The Balaban J connectivity index is 2.24. The van der Waals surface area contributed by atoms with E-state index in [4.69, 9.17) is 10.4 Å². The van der Waals surface area contributed by atoms with E-state index in [1.807, 2.05) is 6.07 Å². The van der Waals surface area contributed by atoms with Gasteiger partial charge in [0.25, 0.3) is 0 Å². The number of nitrogens with two attached hydrogens (primary N) is 1. The van der Waals surface area contributed by atoms with Gasteiger partial charge in [-0.2, -0.15) is 5.26 Å². The summed E-state index contributed by atoms with van der Waals surface area (Å²) in [6.07, 6.45) is 1.48. The molecule has 1 heterocycles. The van der Waals surface area contributed by atoms with Crippen molar-refractivity contribution in [2.24, 2.45) is 5.14 Å². The molecule has 8 heteroatoms. The van der Waals surface area contributed by atoms with E-state index in [0.29, 0.717) is 22.9 Å². The van der Waals surface area contributed by atoms with Crippen molar-refractivity contribution in [1.29, 1.82) is 5.26 Å². The monoisotopic (exact) mass is 371 g/mol. The molecule has 2 N–H and O–H groups in total. The normalized spacial score (nSPS) is 11.2. The minimum Gasteiger partial charge on any atom is -0.256 e. The summed E-state index contributed by atoms with van der Waals surface area (Å²) in [5.74, 6) is -2.12. The second-order valence-electron chi connectivity index (χ2n) is 5.40. The molecule has 3 rings (SSSR count). The summed E-state index contributed by atoms with van der Waals surface area (Å²) in [6, 6.07) is 12.9. The molecule has 5 nitrogen and oxygen atoms in total. The van der Waals surface area contributed by atoms with Crippen LogP contribution in [0.15, 0.2) is 59.6 Å². The molecule has 3 aromatic rings. The molecule has 0 amide bonds. The Bertz CT molecular complexity index is 1160. The fraction of sp³-hybridized carbons (Fsp3) is 0. The quantitative estimate of drug-likeness (QED) is 0.764. The average Bonchev–Trinajstić information content (AvgIpc) is 2.62. The number of hydrogen-bond acceptors (Lipinski definition) is 4. The van der Waals surface area contributed by atoms with E-state index in [1.54, 1.807) is 24.3 Å². The van der Waals surface area contributed by atoms with Crippen molar-refractivity contribution in [3.05, 3.63) is 71.9 Å². The maximum atomic E-state index is 14.5. The third-order valence-electron chi connectivity index (χ3n) is 3.69. The third kappa shape index (κ3) is 3.31. The highest BCUT2D eigenvalue weighted by Crippen LogP contribution is 2.34. The maximum absolute atomic E-state index is 14.5. The maximum Gasteiger partial charge on any atom is 0.241 e. The Hall–Kier alpha value is -3.15. The predicted molar refractivity (Wildman–Crippen MR) is 91.1 cm³/mol. The van der Waals surface area contributed by atoms with Gasteiger partial charge in [-0.25, -0.2) is 22.3 Å². The number of nitriles is 1. The fourth-order valence-corrected chi connectivity index (χ4v) is 3.14. The van der Waals surface area contributed by atoms with Crippen LogP contribution in [-0.4, -0.2) is 13.4 Å². The van der Waals surface area contributed by atoms with Crippen LogP contribution in [0.4, 0.5) is 8.78 Å². The van der Waals surface area contributed by atoms with E-state index >= 15 is 0 Å². The summed E-state index contributed by atoms with van der Waals surface area (Å²) in [5.41, 5.74) is 1.33. The molecule has 0 fully saturated rings. The van der Waals surface area contributed by atoms with Crippen LogP contribution in [0.1, 0.15) is 5.56 Å². The van der Waals surface area contributed by atoms with Gasteiger partial charge in [0.1, 0.15) is 16.5 Å². The van der Waals surface area contributed by atoms with Gasteiger partial charge in [-0.1, -0.05) is 18.2 Å². The van der Waals surface area contributed by atoms with Crippen LogP contribution < -0.4 is 5.14 Å². The van der Waals surface area contributed by atoms with Crippen LogP contribution in [0.3, 0.4) is 0 Å². The molecule has 26 heavy (non-hydrogen) atoms. The predicted octanol–water partition coefficient (Wildman–Crippen LogP) is 3.21. The van der Waals surface area contributed by atoms with E-state index in [0.717, 1.165) is 6.07 Å². The van der Waals surface area contributed by atoms with E-state index in [9.17, 15) is 17.2 Å². The van der Waals surface area contributed by atoms with Crippen molar-refractivity contribution in [3.8, 4) is 28.5 Å². The lowest BCUT2D eigenvalue weighted by Crippen LogP contribution is -2.14. The van der Waals surface area contributed by atoms with Gasteiger partial charge in [0.05, 0.1) is 17.3 Å². The fourth-order valence-electron chi connectivity index (χ4n) is 2.54. The Labute approximate surface area is 148 Å². The number of primary sulfonamides is 1. The molecule has 1 aromatic heterocycles. The van der Waals surface area contributed by atoms with Crippen molar-refractivity contribution >= 4 is 10.0 Å². The Morgan fingerprint density at radius 3 is 2.46 bits per heavy atom. The van der Waals surface area contributed by atoms with Gasteiger partial charge in [-0.15, -0.1) is 0 Å². The zero-order valence-electron chi connectivity index (χ0n) is 13.1. The molecule has 0 unspecified atom stereocenters. The molecule has 0 aliphatic carbocycles. The van der Waals surface area contributed by atoms with E-state index < -0.39 is 26.6 Å². The van der Waals surface area contributed by atoms with E-state index in [2.05, 4.69) is 4.98 Å². The summed E-state index contributed by atoms with van der Waals surface area (Å²) < 4.78 is 51.4. The van der Waals surface area contributed by atoms with Crippen LogP contribution in [0.5, 0.6) is 0 Å². The van der Waals surface area contributed by atoms with E-state index in [-0.39, 0.29) is 11.1 Å². The van der Waals surface area contributed by atoms with Crippen LogP contribution >= 0.6 is 0 Å². The molecule has 0 saturated heterocycles. The second-order valence-corrected chi connectivity index (χ2v) is 6.93. The lowest BCUT2D eigenvalue weighted by Gasteiger charge is -2.11. The summed E-state index contributed by atoms with van der Waals surface area (Å²) in [4.78, 5) is 3.28. The van der Waals surface area contributed by atoms with Crippen molar-refractivity contribution in [2.45, 2.75) is 4.90 Å². The molecule has 0 saturated carbocycles. The number of benzene rings is 2. The standard InChI is InChI=1S/C18H11F2N3O2S/c19-15-9-17(26(22,24)25)16(20)8-14(15)13-5-2-6-23-18(13)12-4-1-3-11(7-12)10-21/h1-9H,(H2,22,24,25). The zero-order chi connectivity index (χ0) is 18.9. The minimum absolute atomic E-state index is 0.166. The smallest absolute Gasteiger partial charge is 0.241 e. The summed E-state index contributed by atoms with van der Waals surface area (Å²) in [5, 5.41) is 13.9. The number of hydrogen-bond donors (Lipinski definition) is 1. The first-order valence-electron chi connectivity index (χ1n) is 7.29. The SMILES string of the molecule is N#Cc1cccc(-c2ncccc2-c2cc(F)c(S(N)(=O)=O)cc2F)c1. The molecule has 0 bridgehead atoms. The van der Waals surface area contributed by atoms with Crippen LogP contribution in [0.2, 0.25) is 0 Å². The molecule has 0 aliphatic heterocycles. The van der Waals surface area contributed by atoms with Crippen molar-refractivity contribution in [1.82, 2.24) is 4.98 Å². The van der Waals surface area contributed by atoms with Gasteiger partial charge < -0.3 is 0 Å². The van der Waals surface area contributed by atoms with Crippen molar-refractivity contribution in [3.63, 3.8) is 0 Å². The lowest BCUT2D eigenvalue weighted by molar-refractivity contribution is 0.555. The van der Waals surface area contributed by atoms with Gasteiger partial charge >= 0.3 is 0 Å². The first kappa shape index (κ1) is 17.7. The second kappa shape index (κ2) is 6.63. The number of sulfonamides is 1. The molecular formula is C18H11F2N3O2S. The lowest BCUT2D eigenvalue weighted by atomic mass is 9.98. The Kier molecular flexibility index (Phi) is 4.50. The highest BCUT2D eigenvalue weighted by Gasteiger charge is 2.21. The third-order valence-corrected chi connectivity index (χ3v) is 4.62. The molecule has 0 radical (unpaired) electrons. The molecule has 2 aromatic carbocycles. The molecule has 0 aliphatic rings. The van der Waals surface area contributed by atoms with Gasteiger partial charge in [-0.05, 0) is 30.3 Å². The van der Waals surface area contributed by atoms with Gasteiger partial charge in [0.15, 0.2) is 0 Å². The highest BCUT2D eigenvalue weighted by atomic mass is 32.2. The number of rotatable bonds is 3. The average molecular weight is 371 g/mol. The van der Waals surface area contributed by atoms with E-state index in [1.165, 1.54) is 18.3 Å². The Morgan fingerprint density at radius 1 is 1.00 bits per heavy atom. The first-order chi connectivity index (χ1) is 12.3. The number of pyridine rings is 1. The molecule has 0 atom stereocenters. The Morgan fingerprint density at radius 2 is 1.77 bits per heavy atom. The summed E-state index contributed by atoms with van der Waals surface area (Å²) >= 11 is 0. The van der Waals surface area contributed by atoms with Gasteiger partial charge in [-0.3, -0.25) is 4.98 Å². The van der Waals surface area contributed by atoms with Crippen LogP contribution in [-0.2, 0) is 10.0 Å². The number of halogens is 2. The molecule has 0 spiro atoms.